The predicted octanol–water partition coefficient (Wildman–Crippen LogP) is -1.78. The number of ether oxygens (including phenoxy) is 1. The van der Waals surface area contributed by atoms with Crippen molar-refractivity contribution in [2.75, 3.05) is 13.2 Å². The molecule has 0 saturated carbocycles. The van der Waals surface area contributed by atoms with E-state index in [2.05, 4.69) is 4.74 Å². The van der Waals surface area contributed by atoms with Crippen molar-refractivity contribution in [1.29, 1.82) is 0 Å². The first-order valence-electron chi connectivity index (χ1n) is 4.22. The van der Waals surface area contributed by atoms with E-state index in [1.165, 1.54) is 0 Å². The lowest BCUT2D eigenvalue weighted by Crippen LogP contribution is -2.41. The smallest absolute Gasteiger partial charge is 0.377 e. The van der Waals surface area contributed by atoms with Gasteiger partial charge in [0.25, 0.3) is 5.78 Å². The maximum atomic E-state index is 11.0. The van der Waals surface area contributed by atoms with E-state index in [0.717, 1.165) is 0 Å². The quantitative estimate of drug-likeness (QED) is 0.350. The third-order valence-electron chi connectivity index (χ3n) is 1.46. The fourth-order valence-electron chi connectivity index (χ4n) is 0.661. The van der Waals surface area contributed by atoms with E-state index in [4.69, 9.17) is 15.3 Å². The Labute approximate surface area is 81.1 Å². The van der Waals surface area contributed by atoms with Gasteiger partial charge in [-0.15, -0.1) is 0 Å². The first kappa shape index (κ1) is 13.0. The van der Waals surface area contributed by atoms with Gasteiger partial charge >= 0.3 is 5.97 Å². The van der Waals surface area contributed by atoms with E-state index in [9.17, 15) is 9.59 Å². The van der Waals surface area contributed by atoms with E-state index in [-0.39, 0.29) is 6.61 Å². The van der Waals surface area contributed by atoms with Gasteiger partial charge in [0.15, 0.2) is 6.10 Å². The summed E-state index contributed by atoms with van der Waals surface area (Å²) in [6.07, 6.45) is -3.03. The second-order valence-electron chi connectivity index (χ2n) is 2.69. The number of ketones is 1. The van der Waals surface area contributed by atoms with Gasteiger partial charge in [-0.05, 0) is 6.42 Å². The summed E-state index contributed by atoms with van der Waals surface area (Å²) in [5, 5.41) is 26.2. The molecule has 82 valence electrons. The molecule has 0 rings (SSSR count). The summed E-state index contributed by atoms with van der Waals surface area (Å²) < 4.78 is 4.43. The number of Topliss-reactive ketones (excluding diaryl/α,β-unsaturated/α-hetero) is 1. The van der Waals surface area contributed by atoms with Crippen LogP contribution in [0, 0.1) is 0 Å². The van der Waals surface area contributed by atoms with Crippen LogP contribution in [0.1, 0.15) is 13.3 Å². The molecule has 0 aromatic rings. The van der Waals surface area contributed by atoms with Crippen LogP contribution < -0.4 is 0 Å². The number of rotatable bonds is 6. The Kier molecular flexibility index (Phi) is 6.02. The summed E-state index contributed by atoms with van der Waals surface area (Å²) in [7, 11) is 0. The lowest BCUT2D eigenvalue weighted by Gasteiger charge is -2.12. The molecule has 0 bridgehead atoms. The minimum Gasteiger partial charge on any atom is -0.460 e. The maximum absolute atomic E-state index is 11.0. The molecule has 0 aliphatic carbocycles. The molecular weight excluding hydrogens is 192 g/mol. The Bertz CT molecular complexity index is 202. The van der Waals surface area contributed by atoms with Gasteiger partial charge in [-0.25, -0.2) is 4.79 Å². The Morgan fingerprint density at radius 2 is 1.93 bits per heavy atom. The first-order valence-corrected chi connectivity index (χ1v) is 4.22. The van der Waals surface area contributed by atoms with Crippen molar-refractivity contribution in [3.63, 3.8) is 0 Å². The molecule has 0 saturated heterocycles. The van der Waals surface area contributed by atoms with Gasteiger partial charge in [-0.2, -0.15) is 0 Å². The average Bonchev–Trinajstić information content (AvgIpc) is 2.22. The zero-order valence-corrected chi connectivity index (χ0v) is 7.84. The van der Waals surface area contributed by atoms with Crippen molar-refractivity contribution in [3.8, 4) is 0 Å². The lowest BCUT2D eigenvalue weighted by molar-refractivity contribution is -0.161. The van der Waals surface area contributed by atoms with Gasteiger partial charge in [0.1, 0.15) is 6.10 Å². The van der Waals surface area contributed by atoms with Gasteiger partial charge in [0.05, 0.1) is 13.2 Å². The molecule has 0 aliphatic heterocycles. The van der Waals surface area contributed by atoms with Crippen LogP contribution in [-0.4, -0.2) is 52.5 Å². The topological polar surface area (TPSA) is 104 Å². The molecule has 6 nitrogen and oxygen atoms in total. The summed E-state index contributed by atoms with van der Waals surface area (Å²) in [6, 6.07) is 0. The molecular formula is C8H14O6. The molecule has 0 fully saturated rings. The lowest BCUT2D eigenvalue weighted by atomic mass is 10.1. The minimum absolute atomic E-state index is 0.0759. The third-order valence-corrected chi connectivity index (χ3v) is 1.46. The molecule has 2 atom stereocenters. The van der Waals surface area contributed by atoms with Crippen LogP contribution >= 0.6 is 0 Å². The molecule has 0 spiro atoms. The normalized spacial score (nSPS) is 14.6. The SMILES string of the molecule is CCCOC(=O)C(=O)[C@@H](O)[C@H](O)CO. The standard InChI is InChI=1S/C8H14O6/c1-2-3-14-8(13)7(12)6(11)5(10)4-9/h5-6,9-11H,2-4H2,1H3/t5-,6+/m1/s1. The summed E-state index contributed by atoms with van der Waals surface area (Å²) in [5.41, 5.74) is 0. The second-order valence-corrected chi connectivity index (χ2v) is 2.69. The van der Waals surface area contributed by atoms with Crippen LogP contribution in [0.25, 0.3) is 0 Å². The fourth-order valence-corrected chi connectivity index (χ4v) is 0.661. The van der Waals surface area contributed by atoms with Crippen LogP contribution in [0.2, 0.25) is 0 Å². The van der Waals surface area contributed by atoms with Crippen LogP contribution in [0.4, 0.5) is 0 Å². The molecule has 3 N–H and O–H groups in total. The van der Waals surface area contributed by atoms with E-state index in [1.807, 2.05) is 0 Å². The highest BCUT2D eigenvalue weighted by atomic mass is 16.5. The highest BCUT2D eigenvalue weighted by molar-refractivity contribution is 6.35. The van der Waals surface area contributed by atoms with Crippen molar-refractivity contribution in [3.05, 3.63) is 0 Å². The predicted molar refractivity (Wildman–Crippen MR) is 45.4 cm³/mol. The van der Waals surface area contributed by atoms with E-state index in [0.29, 0.717) is 6.42 Å². The molecule has 0 aromatic carbocycles. The van der Waals surface area contributed by atoms with Gasteiger partial charge in [0.2, 0.25) is 0 Å². The minimum atomic E-state index is -1.93. The number of hydrogen-bond acceptors (Lipinski definition) is 6. The molecule has 0 aromatic heterocycles. The molecule has 6 heteroatoms. The fraction of sp³-hybridized carbons (Fsp3) is 0.750. The molecule has 0 aliphatic rings. The average molecular weight is 206 g/mol. The Morgan fingerprint density at radius 1 is 1.36 bits per heavy atom. The van der Waals surface area contributed by atoms with Crippen molar-refractivity contribution >= 4 is 11.8 Å². The number of carbonyl (C=O) groups is 2. The van der Waals surface area contributed by atoms with Gasteiger partial charge in [-0.3, -0.25) is 4.79 Å². The van der Waals surface area contributed by atoms with Crippen LogP contribution in [0.3, 0.4) is 0 Å². The molecule has 14 heavy (non-hydrogen) atoms. The summed E-state index contributed by atoms with van der Waals surface area (Å²) >= 11 is 0. The number of aliphatic hydroxyl groups is 3. The van der Waals surface area contributed by atoms with E-state index in [1.54, 1.807) is 6.92 Å². The summed E-state index contributed by atoms with van der Waals surface area (Å²) in [4.78, 5) is 21.8. The van der Waals surface area contributed by atoms with Crippen molar-refractivity contribution < 1.29 is 29.6 Å². The zero-order chi connectivity index (χ0) is 11.1. The van der Waals surface area contributed by atoms with Crippen LogP contribution in [0.5, 0.6) is 0 Å². The summed E-state index contributed by atoms with van der Waals surface area (Å²) in [5.74, 6) is -2.45. The van der Waals surface area contributed by atoms with Crippen LogP contribution in [0.15, 0.2) is 0 Å². The Balaban J connectivity index is 4.10. The van der Waals surface area contributed by atoms with Gasteiger partial charge < -0.3 is 20.1 Å². The number of aliphatic hydroxyl groups excluding tert-OH is 3. The largest absolute Gasteiger partial charge is 0.460 e. The zero-order valence-electron chi connectivity index (χ0n) is 7.84. The highest BCUT2D eigenvalue weighted by Crippen LogP contribution is 1.97. The van der Waals surface area contributed by atoms with E-state index < -0.39 is 30.6 Å². The molecule has 0 heterocycles. The Morgan fingerprint density at radius 3 is 2.36 bits per heavy atom. The summed E-state index contributed by atoms with van der Waals surface area (Å²) in [6.45, 7) is 1.03. The molecule has 0 amide bonds. The highest BCUT2D eigenvalue weighted by Gasteiger charge is 2.30. The van der Waals surface area contributed by atoms with Crippen molar-refractivity contribution in [2.45, 2.75) is 25.6 Å². The molecule has 0 unspecified atom stereocenters. The third kappa shape index (κ3) is 3.82. The van der Waals surface area contributed by atoms with Crippen molar-refractivity contribution in [1.82, 2.24) is 0 Å². The van der Waals surface area contributed by atoms with Gasteiger partial charge in [0, 0.05) is 0 Å². The number of carbonyl (C=O) groups excluding carboxylic acids is 2. The van der Waals surface area contributed by atoms with Crippen molar-refractivity contribution in [2.24, 2.45) is 0 Å². The first-order chi connectivity index (χ1) is 6.54. The van der Waals surface area contributed by atoms with Gasteiger partial charge in [-0.1, -0.05) is 6.92 Å². The number of hydrogen-bond donors (Lipinski definition) is 3. The maximum Gasteiger partial charge on any atom is 0.377 e. The number of esters is 1. The second kappa shape index (κ2) is 6.47. The monoisotopic (exact) mass is 206 g/mol. The van der Waals surface area contributed by atoms with Crippen LogP contribution in [-0.2, 0) is 14.3 Å². The van der Waals surface area contributed by atoms with E-state index >= 15 is 0 Å². The Hall–Kier alpha value is -0.980. The molecule has 0 radical (unpaired) electrons.